The minimum atomic E-state index is -4.50. The fraction of sp³-hybridized carbons (Fsp3) is 0.292. The van der Waals surface area contributed by atoms with Gasteiger partial charge >= 0.3 is 12.2 Å². The number of fused-ring (bicyclic) bond motifs is 1. The van der Waals surface area contributed by atoms with E-state index in [4.69, 9.17) is 10.7 Å². The maximum atomic E-state index is 12.3. The van der Waals surface area contributed by atoms with Crippen molar-refractivity contribution in [1.82, 2.24) is 25.2 Å². The number of halogens is 3. The summed E-state index contributed by atoms with van der Waals surface area (Å²) in [6.45, 7) is -1.43. The fourth-order valence-electron chi connectivity index (χ4n) is 3.71. The molecule has 0 radical (unpaired) electrons. The molecule has 4 rings (SSSR count). The Morgan fingerprint density at radius 3 is 2.81 bits per heavy atom. The van der Waals surface area contributed by atoms with Crippen molar-refractivity contribution in [2.75, 3.05) is 11.9 Å². The summed E-state index contributed by atoms with van der Waals surface area (Å²) in [6, 6.07) is 9.63. The van der Waals surface area contributed by atoms with Crippen LogP contribution in [-0.4, -0.2) is 45.6 Å². The van der Waals surface area contributed by atoms with Gasteiger partial charge in [0.05, 0.1) is 30.6 Å². The Kier molecular flexibility index (Phi) is 7.19. The van der Waals surface area contributed by atoms with Crippen LogP contribution in [0, 0.1) is 22.7 Å². The summed E-state index contributed by atoms with van der Waals surface area (Å²) in [4.78, 5) is 16.2. The lowest BCUT2D eigenvalue weighted by atomic mass is 10.1. The van der Waals surface area contributed by atoms with Crippen molar-refractivity contribution in [2.45, 2.75) is 31.5 Å². The molecule has 2 heterocycles. The highest BCUT2D eigenvalue weighted by molar-refractivity contribution is 6.08. The van der Waals surface area contributed by atoms with Gasteiger partial charge in [-0.1, -0.05) is 12.1 Å². The van der Waals surface area contributed by atoms with Gasteiger partial charge in [-0.3, -0.25) is 0 Å². The number of aromatic nitrogens is 3. The second kappa shape index (κ2) is 10.5. The van der Waals surface area contributed by atoms with E-state index in [1.54, 1.807) is 58.8 Å². The molecule has 1 aliphatic carbocycles. The van der Waals surface area contributed by atoms with Crippen molar-refractivity contribution in [3.05, 3.63) is 54.5 Å². The second-order valence-electron chi connectivity index (χ2n) is 8.38. The van der Waals surface area contributed by atoms with Crippen LogP contribution in [0.1, 0.15) is 24.8 Å². The number of allylic oxidation sites excluding steroid dienone is 1. The van der Waals surface area contributed by atoms with Crippen LogP contribution in [0.4, 0.5) is 23.7 Å². The summed E-state index contributed by atoms with van der Waals surface area (Å²) >= 11 is 0. The minimum Gasteiger partial charge on any atom is -0.386 e. The number of carbonyl (C=O) groups is 1. The Bertz CT molecular complexity index is 1340. The predicted molar refractivity (Wildman–Crippen MR) is 128 cm³/mol. The van der Waals surface area contributed by atoms with E-state index in [0.717, 1.165) is 12.8 Å². The number of hydrogen-bond acceptors (Lipinski definition) is 6. The van der Waals surface area contributed by atoms with E-state index in [1.807, 2.05) is 0 Å². The smallest absolute Gasteiger partial charge is 0.386 e. The van der Waals surface area contributed by atoms with E-state index >= 15 is 0 Å². The molecular weight excluding hydrogens is 473 g/mol. The molecule has 0 saturated heterocycles. The largest absolute Gasteiger partial charge is 0.405 e. The Morgan fingerprint density at radius 1 is 1.31 bits per heavy atom. The molecule has 1 atom stereocenters. The van der Waals surface area contributed by atoms with Gasteiger partial charge in [0.2, 0.25) is 0 Å². The lowest BCUT2D eigenvalue weighted by Crippen LogP contribution is -2.36. The van der Waals surface area contributed by atoms with Gasteiger partial charge in [0, 0.05) is 40.8 Å². The van der Waals surface area contributed by atoms with Gasteiger partial charge in [0.15, 0.2) is 5.65 Å². The number of amides is 2. The summed E-state index contributed by atoms with van der Waals surface area (Å²) in [6.07, 6.45) is 4.20. The number of alkyl halides is 3. The summed E-state index contributed by atoms with van der Waals surface area (Å²) in [5.41, 5.74) is 3.34. The number of rotatable bonds is 9. The van der Waals surface area contributed by atoms with Gasteiger partial charge in [-0.2, -0.15) is 23.5 Å². The number of benzene rings is 1. The number of imidazole rings is 1. The number of carbonyl (C=O) groups excluding carboxylic acids is 1. The molecule has 12 heteroatoms. The highest BCUT2D eigenvalue weighted by atomic mass is 19.4. The molecule has 1 aliphatic rings. The van der Waals surface area contributed by atoms with Crippen molar-refractivity contribution >= 4 is 29.2 Å². The number of urea groups is 1. The Labute approximate surface area is 204 Å². The highest BCUT2D eigenvalue weighted by Gasteiger charge is 2.30. The van der Waals surface area contributed by atoms with Crippen molar-refractivity contribution in [2.24, 2.45) is 5.92 Å². The average molecular weight is 496 g/mol. The van der Waals surface area contributed by atoms with Crippen LogP contribution >= 0.6 is 0 Å². The third kappa shape index (κ3) is 6.18. The standard InChI is InChI=1S/C24H23F3N8O/c25-24(26,27)14-32-23(36)34-19-3-1-2-16(8-19)21-13-31-22-9-17(12-33-35(21)22)18(10-29)11-30-20(6-7-28)15-4-5-15/h1-3,8-13,15,20,29-30H,4-6,14H2,(H2,32,34,36)/b18-11+,29-10?. The average Bonchev–Trinajstić information content (AvgIpc) is 3.61. The van der Waals surface area contributed by atoms with E-state index in [1.165, 1.54) is 6.21 Å². The number of nitrogens with zero attached hydrogens (tertiary/aromatic N) is 4. The first-order valence-corrected chi connectivity index (χ1v) is 11.2. The SMILES string of the molecule is N#CCC(N/C=C(\C=N)c1cnn2c(-c3cccc(NC(=O)NCC(F)(F)F)c3)cnc2c1)C1CC1. The van der Waals surface area contributed by atoms with Crippen LogP contribution in [0.15, 0.2) is 48.9 Å². The summed E-state index contributed by atoms with van der Waals surface area (Å²) < 4.78 is 38.5. The van der Waals surface area contributed by atoms with Gasteiger partial charge < -0.3 is 21.4 Å². The molecule has 1 saturated carbocycles. The van der Waals surface area contributed by atoms with Crippen LogP contribution in [0.3, 0.4) is 0 Å². The highest BCUT2D eigenvalue weighted by Crippen LogP contribution is 2.34. The lowest BCUT2D eigenvalue weighted by Gasteiger charge is -2.14. The van der Waals surface area contributed by atoms with E-state index in [0.29, 0.717) is 46.1 Å². The number of nitriles is 1. The van der Waals surface area contributed by atoms with Crippen molar-refractivity contribution in [1.29, 1.82) is 10.7 Å². The molecule has 1 fully saturated rings. The molecular formula is C24H23F3N8O. The number of nitrogens with one attached hydrogen (secondary N) is 4. The number of anilines is 1. The zero-order valence-electron chi connectivity index (χ0n) is 19.0. The zero-order valence-corrected chi connectivity index (χ0v) is 19.0. The monoisotopic (exact) mass is 496 g/mol. The molecule has 2 amide bonds. The Balaban J connectivity index is 1.51. The third-order valence-electron chi connectivity index (χ3n) is 5.67. The first-order chi connectivity index (χ1) is 17.3. The third-order valence-corrected chi connectivity index (χ3v) is 5.67. The molecule has 186 valence electrons. The minimum absolute atomic E-state index is 0.0519. The zero-order chi connectivity index (χ0) is 25.7. The topological polar surface area (TPSA) is 131 Å². The molecule has 4 N–H and O–H groups in total. The molecule has 0 aliphatic heterocycles. The van der Waals surface area contributed by atoms with Crippen LogP contribution in [-0.2, 0) is 0 Å². The maximum absolute atomic E-state index is 12.3. The molecule has 1 unspecified atom stereocenters. The van der Waals surface area contributed by atoms with E-state index in [2.05, 4.69) is 26.8 Å². The van der Waals surface area contributed by atoms with Gasteiger partial charge in [-0.05, 0) is 37.0 Å². The normalized spacial score (nSPS) is 14.7. The number of hydrogen-bond donors (Lipinski definition) is 4. The second-order valence-corrected chi connectivity index (χ2v) is 8.38. The van der Waals surface area contributed by atoms with Crippen LogP contribution < -0.4 is 16.0 Å². The fourth-order valence-corrected chi connectivity index (χ4v) is 3.71. The van der Waals surface area contributed by atoms with E-state index in [-0.39, 0.29) is 6.04 Å². The van der Waals surface area contributed by atoms with Crippen LogP contribution in [0.2, 0.25) is 0 Å². The summed E-state index contributed by atoms with van der Waals surface area (Å²) in [5, 5.41) is 28.7. The van der Waals surface area contributed by atoms with E-state index in [9.17, 15) is 18.0 Å². The molecule has 3 aromatic rings. The van der Waals surface area contributed by atoms with Gasteiger partial charge in [0.1, 0.15) is 6.54 Å². The molecule has 36 heavy (non-hydrogen) atoms. The molecule has 1 aromatic carbocycles. The summed E-state index contributed by atoms with van der Waals surface area (Å²) in [7, 11) is 0. The van der Waals surface area contributed by atoms with Gasteiger partial charge in [-0.15, -0.1) is 0 Å². The maximum Gasteiger partial charge on any atom is 0.405 e. The first-order valence-electron chi connectivity index (χ1n) is 11.2. The van der Waals surface area contributed by atoms with E-state index < -0.39 is 18.8 Å². The molecule has 0 spiro atoms. The summed E-state index contributed by atoms with van der Waals surface area (Å²) in [5.74, 6) is 0.476. The molecule has 9 nitrogen and oxygen atoms in total. The molecule has 2 aromatic heterocycles. The van der Waals surface area contributed by atoms with Gasteiger partial charge in [-0.25, -0.2) is 14.3 Å². The van der Waals surface area contributed by atoms with Crippen LogP contribution in [0.5, 0.6) is 0 Å². The van der Waals surface area contributed by atoms with Crippen molar-refractivity contribution in [3.63, 3.8) is 0 Å². The Morgan fingerprint density at radius 2 is 2.11 bits per heavy atom. The van der Waals surface area contributed by atoms with Gasteiger partial charge in [0.25, 0.3) is 0 Å². The quantitative estimate of drug-likeness (QED) is 0.327. The molecule has 0 bridgehead atoms. The van der Waals surface area contributed by atoms with Crippen molar-refractivity contribution < 1.29 is 18.0 Å². The predicted octanol–water partition coefficient (Wildman–Crippen LogP) is 4.35. The first kappa shape index (κ1) is 24.7. The lowest BCUT2D eigenvalue weighted by molar-refractivity contribution is -0.122. The Hall–Kier alpha value is -4.40. The van der Waals surface area contributed by atoms with Crippen LogP contribution in [0.25, 0.3) is 22.5 Å². The van der Waals surface area contributed by atoms with Crippen molar-refractivity contribution in [3.8, 4) is 17.3 Å².